The van der Waals surface area contributed by atoms with Crippen LogP contribution in [0, 0.1) is 5.82 Å². The zero-order valence-electron chi connectivity index (χ0n) is 16.3. The van der Waals surface area contributed by atoms with E-state index in [1.807, 2.05) is 54.6 Å². The Morgan fingerprint density at radius 3 is 2.61 bits per heavy atom. The fraction of sp³-hybridized carbons (Fsp3) is 0.0833. The first-order valence-corrected chi connectivity index (χ1v) is 11.2. The average molecular weight is 471 g/mol. The van der Waals surface area contributed by atoms with Gasteiger partial charge in [0.2, 0.25) is 0 Å². The van der Waals surface area contributed by atoms with Gasteiger partial charge >= 0.3 is 0 Å². The molecule has 3 aromatic carbocycles. The van der Waals surface area contributed by atoms with Gasteiger partial charge in [-0.3, -0.25) is 0 Å². The van der Waals surface area contributed by atoms with Crippen molar-refractivity contribution in [3.05, 3.63) is 105 Å². The van der Waals surface area contributed by atoms with Crippen LogP contribution in [0.1, 0.15) is 16.7 Å². The van der Waals surface area contributed by atoms with E-state index >= 15 is 0 Å². The third-order valence-electron chi connectivity index (χ3n) is 4.54. The molecule has 0 aliphatic carbocycles. The maximum Gasteiger partial charge on any atom is 0.146 e. The van der Waals surface area contributed by atoms with Crippen LogP contribution in [-0.2, 0) is 17.2 Å². The van der Waals surface area contributed by atoms with Gasteiger partial charge in [-0.25, -0.2) is 9.37 Å². The van der Waals surface area contributed by atoms with E-state index in [2.05, 4.69) is 5.16 Å². The molecule has 1 heterocycles. The van der Waals surface area contributed by atoms with Crippen molar-refractivity contribution in [1.29, 1.82) is 0 Å². The van der Waals surface area contributed by atoms with Gasteiger partial charge in [-0.1, -0.05) is 64.8 Å². The van der Waals surface area contributed by atoms with E-state index in [4.69, 9.17) is 33.0 Å². The van der Waals surface area contributed by atoms with E-state index in [9.17, 15) is 4.39 Å². The fourth-order valence-electron chi connectivity index (χ4n) is 2.92. The molecule has 0 fully saturated rings. The summed E-state index contributed by atoms with van der Waals surface area (Å²) in [5, 5.41) is 6.87. The molecule has 0 N–H and O–H groups in total. The number of fused-ring (bicyclic) bond motifs is 1. The molecule has 4 aromatic rings. The second kappa shape index (κ2) is 10.1. The van der Waals surface area contributed by atoms with Gasteiger partial charge in [0.25, 0.3) is 0 Å². The molecule has 0 spiro atoms. The third kappa shape index (κ3) is 5.56. The molecule has 0 bridgehead atoms. The first-order chi connectivity index (χ1) is 15.1. The highest BCUT2D eigenvalue weighted by atomic mass is 35.5. The predicted molar refractivity (Wildman–Crippen MR) is 127 cm³/mol. The van der Waals surface area contributed by atoms with E-state index in [1.165, 1.54) is 6.07 Å². The van der Waals surface area contributed by atoms with Gasteiger partial charge < -0.3 is 4.84 Å². The van der Waals surface area contributed by atoms with Crippen molar-refractivity contribution in [3.63, 3.8) is 0 Å². The lowest BCUT2D eigenvalue weighted by Crippen LogP contribution is -1.96. The highest BCUT2D eigenvalue weighted by Gasteiger charge is 2.09. The lowest BCUT2D eigenvalue weighted by molar-refractivity contribution is 0.129. The molecule has 1 aromatic heterocycles. The molecule has 4 rings (SSSR count). The van der Waals surface area contributed by atoms with Crippen molar-refractivity contribution in [3.8, 4) is 0 Å². The van der Waals surface area contributed by atoms with Crippen LogP contribution in [0.25, 0.3) is 10.9 Å². The Morgan fingerprint density at radius 1 is 1.00 bits per heavy atom. The third-order valence-corrected chi connectivity index (χ3v) is 6.23. The standard InChI is InChI=1S/C24H17Cl2FN2OS/c25-19-10-8-16(9-11-19)15-31-24-18(12-17-4-1-2-7-23(17)29-24)13-28-30-14-20-21(26)5-3-6-22(20)27/h1-13H,14-15H2. The number of benzene rings is 3. The van der Waals surface area contributed by atoms with Crippen LogP contribution >= 0.6 is 35.0 Å². The second-order valence-electron chi connectivity index (χ2n) is 6.70. The number of rotatable bonds is 7. The molecule has 156 valence electrons. The summed E-state index contributed by atoms with van der Waals surface area (Å²) in [6.07, 6.45) is 1.60. The normalized spacial score (nSPS) is 11.3. The van der Waals surface area contributed by atoms with Crippen LogP contribution in [0.5, 0.6) is 0 Å². The minimum Gasteiger partial charge on any atom is -0.391 e. The van der Waals surface area contributed by atoms with Crippen LogP contribution in [0.4, 0.5) is 4.39 Å². The Labute approximate surface area is 193 Å². The topological polar surface area (TPSA) is 34.5 Å². The Morgan fingerprint density at radius 2 is 1.81 bits per heavy atom. The van der Waals surface area contributed by atoms with Gasteiger partial charge in [-0.15, -0.1) is 11.8 Å². The summed E-state index contributed by atoms with van der Waals surface area (Å²) in [7, 11) is 0. The van der Waals surface area contributed by atoms with Gasteiger partial charge in [0.05, 0.1) is 16.8 Å². The number of hydrogen-bond acceptors (Lipinski definition) is 4. The molecule has 31 heavy (non-hydrogen) atoms. The molecular formula is C24H17Cl2FN2OS. The highest BCUT2D eigenvalue weighted by Crippen LogP contribution is 2.27. The summed E-state index contributed by atoms with van der Waals surface area (Å²) in [4.78, 5) is 10.1. The van der Waals surface area contributed by atoms with Crippen molar-refractivity contribution in [2.45, 2.75) is 17.4 Å². The van der Waals surface area contributed by atoms with E-state index in [-0.39, 0.29) is 12.2 Å². The molecule has 3 nitrogen and oxygen atoms in total. The summed E-state index contributed by atoms with van der Waals surface area (Å²) in [5.74, 6) is 0.309. The molecule has 0 amide bonds. The zero-order chi connectivity index (χ0) is 21.6. The Kier molecular flexibility index (Phi) is 7.07. The molecule has 0 aliphatic heterocycles. The van der Waals surface area contributed by atoms with Gasteiger partial charge in [-0.05, 0) is 42.0 Å². The quantitative estimate of drug-likeness (QED) is 0.159. The van der Waals surface area contributed by atoms with Gasteiger partial charge in [0.15, 0.2) is 0 Å². The molecular weight excluding hydrogens is 454 g/mol. The van der Waals surface area contributed by atoms with E-state index in [0.29, 0.717) is 10.0 Å². The molecule has 0 saturated heterocycles. The van der Waals surface area contributed by atoms with Gasteiger partial charge in [0.1, 0.15) is 17.5 Å². The number of pyridine rings is 1. The first kappa shape index (κ1) is 21.6. The van der Waals surface area contributed by atoms with Crippen LogP contribution in [0.3, 0.4) is 0 Å². The van der Waals surface area contributed by atoms with Crippen molar-refractivity contribution in [2.75, 3.05) is 0 Å². The van der Waals surface area contributed by atoms with Gasteiger partial charge in [0, 0.05) is 27.3 Å². The molecule has 0 unspecified atom stereocenters. The zero-order valence-corrected chi connectivity index (χ0v) is 18.6. The smallest absolute Gasteiger partial charge is 0.146 e. The van der Waals surface area contributed by atoms with Crippen molar-refractivity contribution >= 4 is 52.1 Å². The summed E-state index contributed by atoms with van der Waals surface area (Å²) < 4.78 is 13.9. The fourth-order valence-corrected chi connectivity index (χ4v) is 4.20. The number of para-hydroxylation sites is 1. The van der Waals surface area contributed by atoms with E-state index in [1.54, 1.807) is 30.1 Å². The molecule has 0 atom stereocenters. The van der Waals surface area contributed by atoms with Gasteiger partial charge in [-0.2, -0.15) is 0 Å². The SMILES string of the molecule is Fc1cccc(Cl)c1CON=Cc1cc2ccccc2nc1SCc1ccc(Cl)cc1. The minimum absolute atomic E-state index is 0.0593. The average Bonchev–Trinajstić information content (AvgIpc) is 2.77. The largest absolute Gasteiger partial charge is 0.391 e. The van der Waals surface area contributed by atoms with Crippen LogP contribution in [0.2, 0.25) is 10.0 Å². The predicted octanol–water partition coefficient (Wildman–Crippen LogP) is 7.52. The van der Waals surface area contributed by atoms with Crippen LogP contribution < -0.4 is 0 Å². The van der Waals surface area contributed by atoms with Crippen molar-refractivity contribution < 1.29 is 9.23 Å². The van der Waals surface area contributed by atoms with E-state index < -0.39 is 5.82 Å². The van der Waals surface area contributed by atoms with Crippen molar-refractivity contribution in [1.82, 2.24) is 4.98 Å². The monoisotopic (exact) mass is 470 g/mol. The lowest BCUT2D eigenvalue weighted by Gasteiger charge is -2.08. The van der Waals surface area contributed by atoms with Crippen molar-refractivity contribution in [2.24, 2.45) is 5.16 Å². The number of halogens is 3. The molecule has 0 aliphatic rings. The molecule has 0 radical (unpaired) electrons. The number of hydrogen-bond donors (Lipinski definition) is 0. The summed E-state index contributed by atoms with van der Waals surface area (Å²) in [5.41, 5.74) is 3.13. The number of oxime groups is 1. The summed E-state index contributed by atoms with van der Waals surface area (Å²) in [6, 6.07) is 22.1. The summed E-state index contributed by atoms with van der Waals surface area (Å²) in [6.45, 7) is -0.0593. The Hall–Kier alpha value is -2.60. The first-order valence-electron chi connectivity index (χ1n) is 9.45. The lowest BCUT2D eigenvalue weighted by atomic mass is 10.2. The summed E-state index contributed by atoms with van der Waals surface area (Å²) >= 11 is 13.6. The molecule has 7 heteroatoms. The van der Waals surface area contributed by atoms with E-state index in [0.717, 1.165) is 32.8 Å². The number of aromatic nitrogens is 1. The maximum absolute atomic E-state index is 13.9. The number of thioether (sulfide) groups is 1. The highest BCUT2D eigenvalue weighted by molar-refractivity contribution is 7.98. The van der Waals surface area contributed by atoms with Crippen LogP contribution in [-0.4, -0.2) is 11.2 Å². The number of nitrogens with zero attached hydrogens (tertiary/aromatic N) is 2. The van der Waals surface area contributed by atoms with Crippen LogP contribution in [0.15, 0.2) is 83.0 Å². The minimum atomic E-state index is -0.422. The Balaban J connectivity index is 1.54. The second-order valence-corrected chi connectivity index (χ2v) is 8.51. The Bertz CT molecular complexity index is 1210. The maximum atomic E-state index is 13.9. The molecule has 0 saturated carbocycles.